The third kappa shape index (κ3) is 4.44. The maximum Gasteiger partial charge on any atom is 0.271 e. The average Bonchev–Trinajstić information content (AvgIpc) is 2.51. The van der Waals surface area contributed by atoms with Crippen molar-refractivity contribution in [2.24, 2.45) is 0 Å². The van der Waals surface area contributed by atoms with Crippen LogP contribution in [0.15, 0.2) is 29.2 Å². The molecule has 2 rings (SSSR count). The van der Waals surface area contributed by atoms with Crippen LogP contribution in [0.3, 0.4) is 0 Å². The van der Waals surface area contributed by atoms with E-state index in [0.717, 1.165) is 15.7 Å². The standard InChI is InChI=1S/C15H18ClN5O3S/c1-9-7-10(2)18-15(17-9)20-19-14(22)12-8-11(5-6-13(12)16)25(23,24)21(3)4/h5-8H,1-4H3,(H,19,22)(H,17,18,20). The quantitative estimate of drug-likeness (QED) is 0.762. The molecule has 0 aliphatic carbocycles. The Hall–Kier alpha value is -2.23. The number of benzene rings is 1. The van der Waals surface area contributed by atoms with Crippen LogP contribution in [0.2, 0.25) is 5.02 Å². The lowest BCUT2D eigenvalue weighted by atomic mass is 10.2. The second-order valence-corrected chi connectivity index (χ2v) is 8.04. The van der Waals surface area contributed by atoms with Crippen molar-refractivity contribution in [2.75, 3.05) is 19.5 Å². The van der Waals surface area contributed by atoms with Crippen LogP contribution in [-0.2, 0) is 10.0 Å². The Bertz CT molecular complexity index is 895. The molecule has 10 heteroatoms. The smallest absolute Gasteiger partial charge is 0.267 e. The summed E-state index contributed by atoms with van der Waals surface area (Å²) in [5, 5.41) is 0.123. The second-order valence-electron chi connectivity index (χ2n) is 5.48. The lowest BCUT2D eigenvalue weighted by Gasteiger charge is -2.13. The van der Waals surface area contributed by atoms with Gasteiger partial charge in [-0.25, -0.2) is 22.7 Å². The van der Waals surface area contributed by atoms with E-state index in [9.17, 15) is 13.2 Å². The van der Waals surface area contributed by atoms with Gasteiger partial charge in [0, 0.05) is 25.5 Å². The second kappa shape index (κ2) is 7.34. The highest BCUT2D eigenvalue weighted by atomic mass is 35.5. The molecule has 1 aromatic carbocycles. The molecule has 0 spiro atoms. The molecule has 0 saturated carbocycles. The lowest BCUT2D eigenvalue weighted by molar-refractivity contribution is 0.0962. The average molecular weight is 384 g/mol. The van der Waals surface area contributed by atoms with Gasteiger partial charge in [0.25, 0.3) is 5.91 Å². The van der Waals surface area contributed by atoms with Crippen molar-refractivity contribution in [2.45, 2.75) is 18.7 Å². The zero-order chi connectivity index (χ0) is 18.8. The fraction of sp³-hybridized carbons (Fsp3) is 0.267. The minimum absolute atomic E-state index is 0.0152. The van der Waals surface area contributed by atoms with Crippen molar-refractivity contribution in [3.05, 3.63) is 46.2 Å². The van der Waals surface area contributed by atoms with Crippen molar-refractivity contribution < 1.29 is 13.2 Å². The summed E-state index contributed by atoms with van der Waals surface area (Å²) in [7, 11) is -0.868. The van der Waals surface area contributed by atoms with Gasteiger partial charge in [-0.15, -0.1) is 0 Å². The first-order valence-electron chi connectivity index (χ1n) is 7.22. The van der Waals surface area contributed by atoms with Crippen LogP contribution in [0.1, 0.15) is 21.7 Å². The van der Waals surface area contributed by atoms with E-state index >= 15 is 0 Å². The number of carbonyl (C=O) groups is 1. The lowest BCUT2D eigenvalue weighted by Crippen LogP contribution is -2.31. The maximum atomic E-state index is 12.3. The normalized spacial score (nSPS) is 11.4. The highest BCUT2D eigenvalue weighted by Crippen LogP contribution is 2.22. The van der Waals surface area contributed by atoms with Crippen molar-refractivity contribution in [3.63, 3.8) is 0 Å². The number of rotatable bonds is 5. The summed E-state index contributed by atoms with van der Waals surface area (Å²) in [6, 6.07) is 5.71. The summed E-state index contributed by atoms with van der Waals surface area (Å²) in [4.78, 5) is 20.6. The van der Waals surface area contributed by atoms with Crippen molar-refractivity contribution in [3.8, 4) is 0 Å². The van der Waals surface area contributed by atoms with Crippen LogP contribution in [0.25, 0.3) is 0 Å². The Morgan fingerprint density at radius 1 is 1.12 bits per heavy atom. The van der Waals surface area contributed by atoms with Gasteiger partial charge in [-0.1, -0.05) is 11.6 Å². The number of hydrazine groups is 1. The molecule has 2 aromatic rings. The number of hydrogen-bond donors (Lipinski definition) is 2. The van der Waals surface area contributed by atoms with Crippen molar-refractivity contribution >= 4 is 33.5 Å². The van der Waals surface area contributed by atoms with Gasteiger partial charge in [0.2, 0.25) is 16.0 Å². The molecule has 8 nitrogen and oxygen atoms in total. The summed E-state index contributed by atoms with van der Waals surface area (Å²) in [6.07, 6.45) is 0. The van der Waals surface area contributed by atoms with E-state index in [1.165, 1.54) is 32.3 Å². The Kier molecular flexibility index (Phi) is 5.61. The summed E-state index contributed by atoms with van der Waals surface area (Å²) < 4.78 is 25.4. The summed E-state index contributed by atoms with van der Waals surface area (Å²) in [5.74, 6) is -0.386. The van der Waals surface area contributed by atoms with Gasteiger partial charge in [0.05, 0.1) is 15.5 Å². The SMILES string of the molecule is Cc1cc(C)nc(NNC(=O)c2cc(S(=O)(=O)N(C)C)ccc2Cl)n1. The first-order valence-corrected chi connectivity index (χ1v) is 9.04. The molecule has 0 atom stereocenters. The molecule has 2 N–H and O–H groups in total. The molecular weight excluding hydrogens is 366 g/mol. The highest BCUT2D eigenvalue weighted by molar-refractivity contribution is 7.89. The third-order valence-electron chi connectivity index (χ3n) is 3.23. The predicted octanol–water partition coefficient (Wildman–Crippen LogP) is 1.75. The Morgan fingerprint density at radius 3 is 2.28 bits per heavy atom. The van der Waals surface area contributed by atoms with Crippen LogP contribution in [0, 0.1) is 13.8 Å². The van der Waals surface area contributed by atoms with Gasteiger partial charge >= 0.3 is 0 Å². The number of carbonyl (C=O) groups excluding carboxylic acids is 1. The van der Waals surface area contributed by atoms with Crippen LogP contribution in [0.4, 0.5) is 5.95 Å². The molecule has 0 saturated heterocycles. The Morgan fingerprint density at radius 2 is 1.72 bits per heavy atom. The number of sulfonamides is 1. The van der Waals surface area contributed by atoms with Gasteiger partial charge < -0.3 is 0 Å². The summed E-state index contributed by atoms with van der Waals surface area (Å²) in [6.45, 7) is 3.60. The zero-order valence-corrected chi connectivity index (χ0v) is 15.7. The molecule has 0 fully saturated rings. The van der Waals surface area contributed by atoms with Gasteiger partial charge in [-0.05, 0) is 38.1 Å². The van der Waals surface area contributed by atoms with E-state index < -0.39 is 15.9 Å². The Labute approximate surface area is 151 Å². The van der Waals surface area contributed by atoms with Crippen molar-refractivity contribution in [1.82, 2.24) is 19.7 Å². The monoisotopic (exact) mass is 383 g/mol. The minimum Gasteiger partial charge on any atom is -0.267 e. The molecular formula is C15H18ClN5O3S. The van der Waals surface area contributed by atoms with Gasteiger partial charge in [0.15, 0.2) is 0 Å². The van der Waals surface area contributed by atoms with Gasteiger partial charge in [0.1, 0.15) is 0 Å². The molecule has 1 amide bonds. The van der Waals surface area contributed by atoms with E-state index in [-0.39, 0.29) is 21.4 Å². The largest absolute Gasteiger partial charge is 0.271 e. The number of nitrogens with one attached hydrogen (secondary N) is 2. The number of aromatic nitrogens is 2. The predicted molar refractivity (Wildman–Crippen MR) is 94.9 cm³/mol. The van der Waals surface area contributed by atoms with E-state index in [1.54, 1.807) is 19.9 Å². The fourth-order valence-electron chi connectivity index (χ4n) is 2.01. The minimum atomic E-state index is -3.68. The molecule has 1 aromatic heterocycles. The molecule has 0 aliphatic heterocycles. The molecule has 0 bridgehead atoms. The molecule has 1 heterocycles. The number of nitrogens with zero attached hydrogens (tertiary/aromatic N) is 3. The zero-order valence-electron chi connectivity index (χ0n) is 14.2. The third-order valence-corrected chi connectivity index (χ3v) is 5.37. The number of amides is 1. The van der Waals surface area contributed by atoms with E-state index in [2.05, 4.69) is 20.8 Å². The fourth-order valence-corrected chi connectivity index (χ4v) is 3.14. The Balaban J connectivity index is 2.24. The van der Waals surface area contributed by atoms with Crippen LogP contribution in [-0.4, -0.2) is 42.7 Å². The number of aryl methyl sites for hydroxylation is 2. The topological polar surface area (TPSA) is 104 Å². The molecule has 0 unspecified atom stereocenters. The molecule has 134 valence electrons. The first kappa shape index (κ1) is 19.1. The first-order chi connectivity index (χ1) is 11.6. The van der Waals surface area contributed by atoms with Gasteiger partial charge in [-0.2, -0.15) is 0 Å². The molecule has 25 heavy (non-hydrogen) atoms. The number of halogens is 1. The molecule has 0 aliphatic rings. The van der Waals surface area contributed by atoms with Crippen LogP contribution in [0.5, 0.6) is 0 Å². The summed E-state index contributed by atoms with van der Waals surface area (Å²) in [5.41, 5.74) is 6.49. The van der Waals surface area contributed by atoms with E-state index in [4.69, 9.17) is 11.6 Å². The number of anilines is 1. The number of hydrogen-bond acceptors (Lipinski definition) is 6. The van der Waals surface area contributed by atoms with Crippen molar-refractivity contribution in [1.29, 1.82) is 0 Å². The van der Waals surface area contributed by atoms with E-state index in [1.807, 2.05) is 0 Å². The highest BCUT2D eigenvalue weighted by Gasteiger charge is 2.20. The summed E-state index contributed by atoms with van der Waals surface area (Å²) >= 11 is 6.02. The molecule has 0 radical (unpaired) electrons. The van der Waals surface area contributed by atoms with Crippen LogP contribution >= 0.6 is 11.6 Å². The van der Waals surface area contributed by atoms with E-state index in [0.29, 0.717) is 0 Å². The van der Waals surface area contributed by atoms with Crippen LogP contribution < -0.4 is 10.9 Å². The maximum absolute atomic E-state index is 12.3. The van der Waals surface area contributed by atoms with Gasteiger partial charge in [-0.3, -0.25) is 15.6 Å².